The van der Waals surface area contributed by atoms with Gasteiger partial charge in [-0.3, -0.25) is 9.58 Å². The van der Waals surface area contributed by atoms with E-state index in [9.17, 15) is 0 Å². The summed E-state index contributed by atoms with van der Waals surface area (Å²) in [5.41, 5.74) is 2.41. The third kappa shape index (κ3) is 3.32. The number of aryl methyl sites for hydroxylation is 1. The van der Waals surface area contributed by atoms with E-state index in [0.29, 0.717) is 12.5 Å². The van der Waals surface area contributed by atoms with Gasteiger partial charge >= 0.3 is 0 Å². The fourth-order valence-corrected chi connectivity index (χ4v) is 1.70. The van der Waals surface area contributed by atoms with Crippen molar-refractivity contribution in [3.8, 4) is 0 Å². The predicted octanol–water partition coefficient (Wildman–Crippen LogP) is 0.968. The second-order valence-electron chi connectivity index (χ2n) is 4.33. The van der Waals surface area contributed by atoms with Gasteiger partial charge in [-0.2, -0.15) is 5.10 Å². The van der Waals surface area contributed by atoms with Gasteiger partial charge in [-0.1, -0.05) is 13.8 Å². The SMILES string of the molecule is CC(C)c1nn(C)cc1CN(C)CCO. The fourth-order valence-electron chi connectivity index (χ4n) is 1.70. The van der Waals surface area contributed by atoms with E-state index in [0.717, 1.165) is 12.2 Å². The van der Waals surface area contributed by atoms with Crippen LogP contribution in [-0.2, 0) is 13.6 Å². The Labute approximate surface area is 91.5 Å². The van der Waals surface area contributed by atoms with E-state index in [1.54, 1.807) is 0 Å². The minimum Gasteiger partial charge on any atom is -0.395 e. The zero-order valence-corrected chi connectivity index (χ0v) is 10.1. The Hall–Kier alpha value is -0.870. The van der Waals surface area contributed by atoms with Gasteiger partial charge in [0.15, 0.2) is 0 Å². The molecule has 4 heteroatoms. The highest BCUT2D eigenvalue weighted by molar-refractivity contribution is 5.19. The zero-order chi connectivity index (χ0) is 11.4. The van der Waals surface area contributed by atoms with Gasteiger partial charge in [0.2, 0.25) is 0 Å². The summed E-state index contributed by atoms with van der Waals surface area (Å²) >= 11 is 0. The number of nitrogens with zero attached hydrogens (tertiary/aromatic N) is 3. The summed E-state index contributed by atoms with van der Waals surface area (Å²) < 4.78 is 1.86. The molecule has 0 aliphatic rings. The number of aromatic nitrogens is 2. The Balaban J connectivity index is 2.75. The summed E-state index contributed by atoms with van der Waals surface area (Å²) in [6.45, 7) is 6.05. The first-order valence-electron chi connectivity index (χ1n) is 5.36. The highest BCUT2D eigenvalue weighted by Gasteiger charge is 2.12. The predicted molar refractivity (Wildman–Crippen MR) is 60.7 cm³/mol. The molecule has 0 aliphatic carbocycles. The van der Waals surface area contributed by atoms with Crippen molar-refractivity contribution in [3.05, 3.63) is 17.5 Å². The molecule has 1 aromatic heterocycles. The lowest BCUT2D eigenvalue weighted by atomic mass is 10.1. The third-order valence-corrected chi connectivity index (χ3v) is 2.41. The highest BCUT2D eigenvalue weighted by atomic mass is 16.3. The smallest absolute Gasteiger partial charge is 0.0694 e. The molecule has 0 radical (unpaired) electrons. The van der Waals surface area contributed by atoms with Crippen LogP contribution in [0.5, 0.6) is 0 Å². The van der Waals surface area contributed by atoms with Gasteiger partial charge in [0.05, 0.1) is 12.3 Å². The van der Waals surface area contributed by atoms with E-state index in [-0.39, 0.29) is 6.61 Å². The molecule has 0 atom stereocenters. The summed E-state index contributed by atoms with van der Waals surface area (Å²) in [4.78, 5) is 2.10. The lowest BCUT2D eigenvalue weighted by Crippen LogP contribution is -2.21. The van der Waals surface area contributed by atoms with Crippen molar-refractivity contribution in [2.24, 2.45) is 7.05 Å². The molecule has 1 N–H and O–H groups in total. The van der Waals surface area contributed by atoms with Gasteiger partial charge in [0, 0.05) is 31.9 Å². The normalized spacial score (nSPS) is 11.7. The van der Waals surface area contributed by atoms with Crippen LogP contribution < -0.4 is 0 Å². The first-order chi connectivity index (χ1) is 7.04. The van der Waals surface area contributed by atoms with Crippen molar-refractivity contribution in [1.82, 2.24) is 14.7 Å². The Morgan fingerprint density at radius 3 is 2.73 bits per heavy atom. The lowest BCUT2D eigenvalue weighted by molar-refractivity contribution is 0.217. The van der Waals surface area contributed by atoms with E-state index in [1.807, 2.05) is 18.8 Å². The van der Waals surface area contributed by atoms with E-state index < -0.39 is 0 Å². The van der Waals surface area contributed by atoms with Crippen molar-refractivity contribution in [2.75, 3.05) is 20.2 Å². The Kier molecular flexibility index (Phi) is 4.29. The maximum absolute atomic E-state index is 8.84. The van der Waals surface area contributed by atoms with Crippen LogP contribution in [0, 0.1) is 0 Å². The summed E-state index contributed by atoms with van der Waals surface area (Å²) in [5.74, 6) is 0.448. The van der Waals surface area contributed by atoms with Crippen molar-refractivity contribution in [3.63, 3.8) is 0 Å². The van der Waals surface area contributed by atoms with Crippen LogP contribution in [-0.4, -0.2) is 40.0 Å². The molecule has 0 saturated carbocycles. The lowest BCUT2D eigenvalue weighted by Gasteiger charge is -2.15. The summed E-state index contributed by atoms with van der Waals surface area (Å²) in [6.07, 6.45) is 2.06. The summed E-state index contributed by atoms with van der Waals surface area (Å²) in [5, 5.41) is 13.3. The average molecular weight is 211 g/mol. The van der Waals surface area contributed by atoms with Gasteiger partial charge in [-0.05, 0) is 13.0 Å². The van der Waals surface area contributed by atoms with Crippen LogP contribution in [0.4, 0.5) is 0 Å². The number of hydrogen-bond acceptors (Lipinski definition) is 3. The minimum absolute atomic E-state index is 0.202. The number of aliphatic hydroxyl groups excluding tert-OH is 1. The molecule has 1 rings (SSSR count). The maximum atomic E-state index is 8.84. The Bertz CT molecular complexity index is 307. The average Bonchev–Trinajstić information content (AvgIpc) is 2.47. The number of aliphatic hydroxyl groups is 1. The molecule has 0 bridgehead atoms. The number of rotatable bonds is 5. The molecule has 0 aromatic carbocycles. The van der Waals surface area contributed by atoms with Crippen LogP contribution >= 0.6 is 0 Å². The van der Waals surface area contributed by atoms with Gasteiger partial charge in [0.1, 0.15) is 0 Å². The maximum Gasteiger partial charge on any atom is 0.0694 e. The molecule has 4 nitrogen and oxygen atoms in total. The molecule has 1 aromatic rings. The molecule has 0 amide bonds. The van der Waals surface area contributed by atoms with Crippen LogP contribution in [0.25, 0.3) is 0 Å². The number of hydrogen-bond donors (Lipinski definition) is 1. The molecule has 0 saturated heterocycles. The summed E-state index contributed by atoms with van der Waals surface area (Å²) in [7, 11) is 3.95. The van der Waals surface area contributed by atoms with Crippen LogP contribution in [0.1, 0.15) is 31.0 Å². The second kappa shape index (κ2) is 5.28. The number of likely N-dealkylation sites (N-methyl/N-ethyl adjacent to an activating group) is 1. The van der Waals surface area contributed by atoms with E-state index in [1.165, 1.54) is 5.56 Å². The van der Waals surface area contributed by atoms with E-state index in [2.05, 4.69) is 30.0 Å². The van der Waals surface area contributed by atoms with Crippen molar-refractivity contribution in [2.45, 2.75) is 26.3 Å². The third-order valence-electron chi connectivity index (χ3n) is 2.41. The molecule has 0 aliphatic heterocycles. The molecule has 0 fully saturated rings. The van der Waals surface area contributed by atoms with Gasteiger partial charge in [-0.25, -0.2) is 0 Å². The first-order valence-corrected chi connectivity index (χ1v) is 5.36. The van der Waals surface area contributed by atoms with E-state index in [4.69, 9.17) is 5.11 Å². The van der Waals surface area contributed by atoms with Crippen molar-refractivity contribution < 1.29 is 5.11 Å². The minimum atomic E-state index is 0.202. The Morgan fingerprint density at radius 1 is 1.53 bits per heavy atom. The second-order valence-corrected chi connectivity index (χ2v) is 4.33. The van der Waals surface area contributed by atoms with Crippen LogP contribution in [0.2, 0.25) is 0 Å². The quantitative estimate of drug-likeness (QED) is 0.789. The largest absolute Gasteiger partial charge is 0.395 e. The molecular formula is C11H21N3O. The van der Waals surface area contributed by atoms with Crippen LogP contribution in [0.3, 0.4) is 0 Å². The Morgan fingerprint density at radius 2 is 2.20 bits per heavy atom. The molecular weight excluding hydrogens is 190 g/mol. The van der Waals surface area contributed by atoms with Gasteiger partial charge in [-0.15, -0.1) is 0 Å². The molecule has 86 valence electrons. The molecule has 0 spiro atoms. The molecule has 1 heterocycles. The van der Waals surface area contributed by atoms with Crippen molar-refractivity contribution in [1.29, 1.82) is 0 Å². The van der Waals surface area contributed by atoms with E-state index >= 15 is 0 Å². The fraction of sp³-hybridized carbons (Fsp3) is 0.727. The summed E-state index contributed by atoms with van der Waals surface area (Å²) in [6, 6.07) is 0. The van der Waals surface area contributed by atoms with Gasteiger partial charge in [0.25, 0.3) is 0 Å². The molecule has 0 unspecified atom stereocenters. The monoisotopic (exact) mass is 211 g/mol. The zero-order valence-electron chi connectivity index (χ0n) is 10.1. The standard InChI is InChI=1S/C11H21N3O/c1-9(2)11-10(8-14(4)12-11)7-13(3)5-6-15/h8-9,15H,5-7H2,1-4H3. The van der Waals surface area contributed by atoms with Crippen LogP contribution in [0.15, 0.2) is 6.20 Å². The topological polar surface area (TPSA) is 41.3 Å². The molecule has 15 heavy (non-hydrogen) atoms. The first kappa shape index (κ1) is 12.2. The highest BCUT2D eigenvalue weighted by Crippen LogP contribution is 2.18. The van der Waals surface area contributed by atoms with Crippen molar-refractivity contribution >= 4 is 0 Å². The van der Waals surface area contributed by atoms with Gasteiger partial charge < -0.3 is 5.11 Å².